The van der Waals surface area contributed by atoms with Gasteiger partial charge in [0.1, 0.15) is 11.6 Å². The second-order valence-corrected chi connectivity index (χ2v) is 4.42. The maximum Gasteiger partial charge on any atom is 0.165 e. The molecule has 18 heavy (non-hydrogen) atoms. The lowest BCUT2D eigenvalue weighted by Crippen LogP contribution is -1.98. The van der Waals surface area contributed by atoms with Gasteiger partial charge >= 0.3 is 0 Å². The Bertz CT molecular complexity index is 552. The smallest absolute Gasteiger partial charge is 0.165 e. The van der Waals surface area contributed by atoms with Crippen molar-refractivity contribution in [3.05, 3.63) is 36.0 Å². The highest BCUT2D eigenvalue weighted by molar-refractivity contribution is 5.65. The van der Waals surface area contributed by atoms with Crippen molar-refractivity contribution in [3.8, 4) is 17.1 Å². The van der Waals surface area contributed by atoms with Crippen LogP contribution in [0.4, 0.5) is 5.82 Å². The summed E-state index contributed by atoms with van der Waals surface area (Å²) in [6.07, 6.45) is 1.65. The minimum absolute atomic E-state index is 0.453. The number of hydrogen-bond donors (Lipinski definition) is 1. The van der Waals surface area contributed by atoms with E-state index in [1.807, 2.05) is 12.1 Å². The maximum atomic E-state index is 5.67. The summed E-state index contributed by atoms with van der Waals surface area (Å²) in [5.41, 5.74) is 7.75. The van der Waals surface area contributed by atoms with Gasteiger partial charge in [-0.05, 0) is 29.7 Å². The zero-order chi connectivity index (χ0) is 13.1. The van der Waals surface area contributed by atoms with Crippen molar-refractivity contribution in [2.45, 2.75) is 19.8 Å². The molecule has 0 saturated carbocycles. The highest BCUT2D eigenvalue weighted by Crippen LogP contribution is 2.30. The van der Waals surface area contributed by atoms with Crippen molar-refractivity contribution >= 4 is 5.82 Å². The van der Waals surface area contributed by atoms with Crippen LogP contribution in [0.5, 0.6) is 5.75 Å². The SMILES string of the molecule is COc1cc(C(C)C)ccc1-c1nccc(N)n1. The molecule has 0 unspecified atom stereocenters. The minimum atomic E-state index is 0.453. The standard InChI is InChI=1S/C14H17N3O/c1-9(2)10-4-5-11(12(8-10)18-3)14-16-7-6-13(15)17-14/h4-9H,1-3H3,(H2,15,16,17). The first-order chi connectivity index (χ1) is 8.61. The van der Waals surface area contributed by atoms with E-state index in [2.05, 4.69) is 29.9 Å². The molecule has 0 spiro atoms. The van der Waals surface area contributed by atoms with Crippen LogP contribution in [0.2, 0.25) is 0 Å². The molecule has 0 aliphatic heterocycles. The fourth-order valence-electron chi connectivity index (χ4n) is 1.75. The van der Waals surface area contributed by atoms with Crippen LogP contribution >= 0.6 is 0 Å². The lowest BCUT2D eigenvalue weighted by molar-refractivity contribution is 0.415. The summed E-state index contributed by atoms with van der Waals surface area (Å²) in [6, 6.07) is 7.73. The van der Waals surface area contributed by atoms with Crippen LogP contribution in [0.3, 0.4) is 0 Å². The molecule has 2 N–H and O–H groups in total. The summed E-state index contributed by atoms with van der Waals surface area (Å²) >= 11 is 0. The van der Waals surface area contributed by atoms with Crippen LogP contribution < -0.4 is 10.5 Å². The summed E-state index contributed by atoms with van der Waals surface area (Å²) in [5, 5.41) is 0. The lowest BCUT2D eigenvalue weighted by Gasteiger charge is -2.11. The van der Waals surface area contributed by atoms with Crippen LogP contribution in [0.1, 0.15) is 25.3 Å². The van der Waals surface area contributed by atoms with Gasteiger partial charge in [0.2, 0.25) is 0 Å². The number of anilines is 1. The van der Waals surface area contributed by atoms with E-state index in [1.165, 1.54) is 5.56 Å². The molecular formula is C14H17N3O. The molecule has 0 fully saturated rings. The third-order valence-corrected chi connectivity index (χ3v) is 2.81. The lowest BCUT2D eigenvalue weighted by atomic mass is 10.0. The quantitative estimate of drug-likeness (QED) is 0.900. The van der Waals surface area contributed by atoms with Crippen molar-refractivity contribution in [1.29, 1.82) is 0 Å². The molecule has 0 atom stereocenters. The molecule has 1 heterocycles. The van der Waals surface area contributed by atoms with Crippen LogP contribution in [-0.2, 0) is 0 Å². The molecule has 4 nitrogen and oxygen atoms in total. The molecule has 2 aromatic rings. The summed E-state index contributed by atoms with van der Waals surface area (Å²) in [7, 11) is 1.65. The van der Waals surface area contributed by atoms with E-state index in [4.69, 9.17) is 10.5 Å². The molecule has 0 radical (unpaired) electrons. The van der Waals surface area contributed by atoms with Crippen molar-refractivity contribution in [3.63, 3.8) is 0 Å². The first-order valence-electron chi connectivity index (χ1n) is 5.88. The Morgan fingerprint density at radius 1 is 1.22 bits per heavy atom. The number of rotatable bonds is 3. The fraction of sp³-hybridized carbons (Fsp3) is 0.286. The van der Waals surface area contributed by atoms with Gasteiger partial charge in [0.25, 0.3) is 0 Å². The highest BCUT2D eigenvalue weighted by Gasteiger charge is 2.11. The Morgan fingerprint density at radius 2 is 2.00 bits per heavy atom. The van der Waals surface area contributed by atoms with Crippen LogP contribution in [-0.4, -0.2) is 17.1 Å². The topological polar surface area (TPSA) is 61.0 Å². The van der Waals surface area contributed by atoms with Gasteiger partial charge in [-0.2, -0.15) is 0 Å². The largest absolute Gasteiger partial charge is 0.496 e. The molecule has 0 bridgehead atoms. The summed E-state index contributed by atoms with van der Waals surface area (Å²) in [4.78, 5) is 8.44. The van der Waals surface area contributed by atoms with Crippen molar-refractivity contribution in [2.24, 2.45) is 0 Å². The number of ether oxygens (including phenoxy) is 1. The van der Waals surface area contributed by atoms with Gasteiger partial charge in [0.15, 0.2) is 5.82 Å². The maximum absolute atomic E-state index is 5.67. The molecule has 0 aliphatic carbocycles. The van der Waals surface area contributed by atoms with Gasteiger partial charge in [0, 0.05) is 6.20 Å². The van der Waals surface area contributed by atoms with Crippen LogP contribution in [0.15, 0.2) is 30.5 Å². The Kier molecular flexibility index (Phi) is 3.46. The van der Waals surface area contributed by atoms with E-state index in [1.54, 1.807) is 19.4 Å². The van der Waals surface area contributed by atoms with Gasteiger partial charge in [-0.1, -0.05) is 19.9 Å². The van der Waals surface area contributed by atoms with E-state index >= 15 is 0 Å². The Morgan fingerprint density at radius 3 is 2.61 bits per heavy atom. The minimum Gasteiger partial charge on any atom is -0.496 e. The van der Waals surface area contributed by atoms with Gasteiger partial charge < -0.3 is 10.5 Å². The molecule has 94 valence electrons. The summed E-state index contributed by atoms with van der Waals surface area (Å²) in [5.74, 6) is 2.26. The van der Waals surface area contributed by atoms with E-state index in [0.29, 0.717) is 17.6 Å². The molecule has 0 aliphatic rings. The van der Waals surface area contributed by atoms with E-state index < -0.39 is 0 Å². The zero-order valence-corrected chi connectivity index (χ0v) is 10.8. The number of nitrogens with two attached hydrogens (primary N) is 1. The average Bonchev–Trinajstić information content (AvgIpc) is 2.37. The van der Waals surface area contributed by atoms with E-state index in [-0.39, 0.29) is 0 Å². The molecule has 1 aromatic heterocycles. The number of hydrogen-bond acceptors (Lipinski definition) is 4. The van der Waals surface area contributed by atoms with Crippen LogP contribution in [0.25, 0.3) is 11.4 Å². The normalized spacial score (nSPS) is 10.7. The van der Waals surface area contributed by atoms with Crippen molar-refractivity contribution < 1.29 is 4.74 Å². The number of nitrogen functional groups attached to an aromatic ring is 1. The van der Waals surface area contributed by atoms with Crippen LogP contribution in [0, 0.1) is 0 Å². The number of nitrogens with zero attached hydrogens (tertiary/aromatic N) is 2. The molecule has 0 amide bonds. The first-order valence-corrected chi connectivity index (χ1v) is 5.88. The first kappa shape index (κ1) is 12.4. The predicted molar refractivity (Wildman–Crippen MR) is 72.5 cm³/mol. The monoisotopic (exact) mass is 243 g/mol. The van der Waals surface area contributed by atoms with E-state index in [0.717, 1.165) is 11.3 Å². The Balaban J connectivity index is 2.51. The molecule has 1 aromatic carbocycles. The Hall–Kier alpha value is -2.10. The number of aromatic nitrogens is 2. The third kappa shape index (κ3) is 2.42. The zero-order valence-electron chi connectivity index (χ0n) is 10.8. The van der Waals surface area contributed by atoms with Gasteiger partial charge in [-0.25, -0.2) is 9.97 Å². The summed E-state index contributed by atoms with van der Waals surface area (Å²) < 4.78 is 5.41. The molecule has 4 heteroatoms. The average molecular weight is 243 g/mol. The van der Waals surface area contributed by atoms with Crippen molar-refractivity contribution in [1.82, 2.24) is 9.97 Å². The Labute approximate surface area is 107 Å². The molecule has 2 rings (SSSR count). The van der Waals surface area contributed by atoms with Gasteiger partial charge in [-0.3, -0.25) is 0 Å². The molecule has 0 saturated heterocycles. The second kappa shape index (κ2) is 5.04. The van der Waals surface area contributed by atoms with Gasteiger partial charge in [-0.15, -0.1) is 0 Å². The number of benzene rings is 1. The highest BCUT2D eigenvalue weighted by atomic mass is 16.5. The van der Waals surface area contributed by atoms with Gasteiger partial charge in [0.05, 0.1) is 12.7 Å². The van der Waals surface area contributed by atoms with Crippen molar-refractivity contribution in [2.75, 3.05) is 12.8 Å². The number of methoxy groups -OCH3 is 1. The van der Waals surface area contributed by atoms with E-state index in [9.17, 15) is 0 Å². The second-order valence-electron chi connectivity index (χ2n) is 4.42. The third-order valence-electron chi connectivity index (χ3n) is 2.81. The fourth-order valence-corrected chi connectivity index (χ4v) is 1.75. The molecular weight excluding hydrogens is 226 g/mol. The predicted octanol–water partition coefficient (Wildman–Crippen LogP) is 2.86. The summed E-state index contributed by atoms with van der Waals surface area (Å²) in [6.45, 7) is 4.29.